The van der Waals surface area contributed by atoms with Gasteiger partial charge in [0.15, 0.2) is 11.9 Å². The summed E-state index contributed by atoms with van der Waals surface area (Å²) in [7, 11) is 10.3. The summed E-state index contributed by atoms with van der Waals surface area (Å²) in [5, 5.41) is 3.05. The maximum atomic E-state index is 13.8. The zero-order valence-corrected chi connectivity index (χ0v) is 25.4. The van der Waals surface area contributed by atoms with Gasteiger partial charge in [-0.15, -0.1) is 0 Å². The molecule has 2 aliphatic heterocycles. The Morgan fingerprint density at radius 1 is 1.05 bits per heavy atom. The predicted octanol–water partition coefficient (Wildman–Crippen LogP) is 4.00. The van der Waals surface area contributed by atoms with Crippen LogP contribution in [0, 0.1) is 19.8 Å². The maximum absolute atomic E-state index is 13.8. The molecule has 0 bridgehead atoms. The smallest absolute Gasteiger partial charge is 0.410 e. The lowest BCUT2D eigenvalue weighted by Gasteiger charge is -2.38. The minimum absolute atomic E-state index is 0.00974. The van der Waals surface area contributed by atoms with E-state index in [1.54, 1.807) is 4.90 Å². The van der Waals surface area contributed by atoms with Crippen LogP contribution in [-0.4, -0.2) is 92.4 Å². The van der Waals surface area contributed by atoms with Gasteiger partial charge in [0, 0.05) is 49.7 Å². The first kappa shape index (κ1) is 30.1. The fourth-order valence-corrected chi connectivity index (χ4v) is 6.84. The number of nitrogens with zero attached hydrogens (tertiary/aromatic N) is 3. The van der Waals surface area contributed by atoms with E-state index < -0.39 is 12.2 Å². The molecular weight excluding hydrogens is 527 g/mol. The number of carbonyl (C=O) groups excluding carboxylic acids is 3. The van der Waals surface area contributed by atoms with E-state index in [2.05, 4.69) is 16.3 Å². The zero-order valence-electron chi connectivity index (χ0n) is 25.4. The van der Waals surface area contributed by atoms with Crippen molar-refractivity contribution in [2.75, 3.05) is 39.0 Å². The molecule has 5 rings (SSSR count). The van der Waals surface area contributed by atoms with Gasteiger partial charge < -0.3 is 24.8 Å². The second-order valence-corrected chi connectivity index (χ2v) is 12.5. The number of rotatable bonds is 7. The number of hydrogen-bond donors (Lipinski definition) is 1. The van der Waals surface area contributed by atoms with Crippen molar-refractivity contribution in [2.24, 2.45) is 5.92 Å². The molecule has 2 aromatic carbocycles. The molecule has 222 valence electrons. The summed E-state index contributed by atoms with van der Waals surface area (Å²) in [6.07, 6.45) is 3.72. The molecule has 3 atom stereocenters. The highest BCUT2D eigenvalue weighted by Gasteiger charge is 2.38. The lowest BCUT2D eigenvalue weighted by molar-refractivity contribution is -0.132. The van der Waals surface area contributed by atoms with Crippen LogP contribution < -0.4 is 10.8 Å². The highest BCUT2D eigenvalue weighted by atomic mass is 16.6. The molecule has 9 heteroatoms. The fourth-order valence-electron chi connectivity index (χ4n) is 6.84. The van der Waals surface area contributed by atoms with Crippen molar-refractivity contribution in [1.82, 2.24) is 14.7 Å². The summed E-state index contributed by atoms with van der Waals surface area (Å²) in [5.74, 6) is -0.113. The van der Waals surface area contributed by atoms with Crippen molar-refractivity contribution in [3.8, 4) is 0 Å². The molecule has 2 radical (unpaired) electrons. The Kier molecular flexibility index (Phi) is 9.26. The summed E-state index contributed by atoms with van der Waals surface area (Å²) >= 11 is 0. The van der Waals surface area contributed by atoms with Crippen molar-refractivity contribution in [1.29, 1.82) is 0 Å². The Morgan fingerprint density at radius 3 is 2.40 bits per heavy atom. The maximum Gasteiger partial charge on any atom is 0.410 e. The molecule has 2 fully saturated rings. The van der Waals surface area contributed by atoms with Gasteiger partial charge in [0.05, 0.1) is 0 Å². The summed E-state index contributed by atoms with van der Waals surface area (Å²) in [4.78, 5) is 46.0. The molecule has 0 aromatic heterocycles. The largest absolute Gasteiger partial charge is 0.438 e. The molecule has 2 aromatic rings. The molecule has 3 unspecified atom stereocenters. The third-order valence-electron chi connectivity index (χ3n) is 9.48. The Bertz CT molecular complexity index is 1300. The van der Waals surface area contributed by atoms with Crippen molar-refractivity contribution in [2.45, 2.75) is 77.0 Å². The van der Waals surface area contributed by atoms with Crippen LogP contribution in [0.25, 0.3) is 0 Å². The van der Waals surface area contributed by atoms with Crippen LogP contribution in [-0.2, 0) is 22.4 Å². The third kappa shape index (κ3) is 6.67. The van der Waals surface area contributed by atoms with Crippen LogP contribution in [0.3, 0.4) is 0 Å². The number of hydrogen-bond acceptors (Lipinski definition) is 5. The summed E-state index contributed by atoms with van der Waals surface area (Å²) in [6, 6.07) is 12.2. The topological polar surface area (TPSA) is 82.2 Å². The number of Topliss-reactive ketones (excluding diaryl/α,β-unsaturated/α-hetero) is 1. The Balaban J connectivity index is 1.23. The SMILES string of the molecule is [B]c1c(C)cc(CC(OC(=O)N2CCC(N3CCc4ccccc4NC3=O)CC2)C(=O)C2CCC(N(C)C)C2)cc1C. The molecule has 1 saturated carbocycles. The van der Waals surface area contributed by atoms with E-state index in [1.165, 1.54) is 0 Å². The first-order valence-corrected chi connectivity index (χ1v) is 15.3. The molecule has 42 heavy (non-hydrogen) atoms. The van der Waals surface area contributed by atoms with Gasteiger partial charge in [-0.05, 0) is 83.7 Å². The van der Waals surface area contributed by atoms with Crippen molar-refractivity contribution in [3.63, 3.8) is 0 Å². The highest BCUT2D eigenvalue weighted by molar-refractivity contribution is 6.34. The van der Waals surface area contributed by atoms with Crippen molar-refractivity contribution < 1.29 is 19.1 Å². The number of carbonyl (C=O) groups is 3. The monoisotopic (exact) mass is 570 g/mol. The minimum atomic E-state index is -0.849. The number of aryl methyl sites for hydroxylation is 2. The van der Waals surface area contributed by atoms with Crippen LogP contribution >= 0.6 is 0 Å². The van der Waals surface area contributed by atoms with Gasteiger partial charge in [-0.3, -0.25) is 4.79 Å². The molecule has 2 heterocycles. The molecule has 1 N–H and O–H groups in total. The number of nitrogens with one attached hydrogen (secondary N) is 1. The number of urea groups is 1. The number of ether oxygens (including phenoxy) is 1. The first-order chi connectivity index (χ1) is 20.1. The third-order valence-corrected chi connectivity index (χ3v) is 9.48. The average molecular weight is 571 g/mol. The molecular formula is C33H43BN4O4. The van der Waals surface area contributed by atoms with Crippen molar-refractivity contribution >= 4 is 36.9 Å². The Labute approximate surface area is 251 Å². The predicted molar refractivity (Wildman–Crippen MR) is 166 cm³/mol. The molecule has 1 aliphatic carbocycles. The number of likely N-dealkylation sites (tertiary alicyclic amines) is 1. The number of amides is 3. The number of anilines is 1. The van der Waals surface area contributed by atoms with Crippen LogP contribution in [0.5, 0.6) is 0 Å². The number of fused-ring (bicyclic) bond motifs is 1. The van der Waals surface area contributed by atoms with Gasteiger partial charge in [-0.25, -0.2) is 9.59 Å². The van der Waals surface area contributed by atoms with E-state index in [4.69, 9.17) is 12.6 Å². The highest BCUT2D eigenvalue weighted by Crippen LogP contribution is 2.31. The second kappa shape index (κ2) is 12.9. The van der Waals surface area contributed by atoms with E-state index in [1.807, 2.05) is 63.2 Å². The summed E-state index contributed by atoms with van der Waals surface area (Å²) < 4.78 is 6.04. The van der Waals surface area contributed by atoms with E-state index in [0.717, 1.165) is 59.1 Å². The molecule has 0 spiro atoms. The van der Waals surface area contributed by atoms with Crippen LogP contribution in [0.1, 0.15) is 54.4 Å². The Morgan fingerprint density at radius 2 is 1.74 bits per heavy atom. The number of para-hydroxylation sites is 1. The van der Waals surface area contributed by atoms with Gasteiger partial charge in [-0.2, -0.15) is 0 Å². The second-order valence-electron chi connectivity index (χ2n) is 12.5. The van der Waals surface area contributed by atoms with E-state index in [0.29, 0.717) is 44.9 Å². The zero-order chi connectivity index (χ0) is 30.0. The van der Waals surface area contributed by atoms with Gasteiger partial charge >= 0.3 is 12.1 Å². The van der Waals surface area contributed by atoms with Crippen LogP contribution in [0.2, 0.25) is 0 Å². The normalized spacial score (nSPS) is 22.0. The lowest BCUT2D eigenvalue weighted by Crippen LogP contribution is -2.50. The first-order valence-electron chi connectivity index (χ1n) is 15.3. The number of benzene rings is 2. The summed E-state index contributed by atoms with van der Waals surface area (Å²) in [6.45, 7) is 5.52. The minimum Gasteiger partial charge on any atom is -0.438 e. The van der Waals surface area contributed by atoms with Gasteiger partial charge in [0.1, 0.15) is 7.85 Å². The fraction of sp³-hybridized carbons (Fsp3) is 0.545. The Hall–Kier alpha value is -3.33. The van der Waals surface area contributed by atoms with E-state index >= 15 is 0 Å². The van der Waals surface area contributed by atoms with E-state index in [9.17, 15) is 14.4 Å². The molecule has 8 nitrogen and oxygen atoms in total. The standard InChI is InChI=1S/C33H43BN4O4/c1-21-17-23(18-22(2)30(21)34)19-29(31(39)25-9-10-27(20-25)36(3)4)42-33(41)37-14-12-26(13-15-37)38-16-11-24-7-5-6-8-28(24)35-32(38)40/h5-8,17-18,25-27,29H,9-16,19-20H2,1-4H3,(H,35,40). The van der Waals surface area contributed by atoms with Crippen LogP contribution in [0.4, 0.5) is 15.3 Å². The number of ketones is 1. The average Bonchev–Trinajstić information content (AvgIpc) is 3.41. The quantitative estimate of drug-likeness (QED) is 0.509. The van der Waals surface area contributed by atoms with E-state index in [-0.39, 0.29) is 23.8 Å². The van der Waals surface area contributed by atoms with Gasteiger partial charge in [-0.1, -0.05) is 46.9 Å². The van der Waals surface area contributed by atoms with Crippen molar-refractivity contribution in [3.05, 3.63) is 58.7 Å². The molecule has 3 amide bonds. The number of piperidine rings is 1. The summed E-state index contributed by atoms with van der Waals surface area (Å²) in [5.41, 5.74) is 5.60. The molecule has 3 aliphatic rings. The molecule has 1 saturated heterocycles. The van der Waals surface area contributed by atoms with Gasteiger partial charge in [0.25, 0.3) is 0 Å². The van der Waals surface area contributed by atoms with Gasteiger partial charge in [0.2, 0.25) is 0 Å². The van der Waals surface area contributed by atoms with Crippen LogP contribution in [0.15, 0.2) is 36.4 Å². The lowest BCUT2D eigenvalue weighted by atomic mass is 9.84.